The van der Waals surface area contributed by atoms with Crippen LogP contribution in [-0.4, -0.2) is 0 Å². The van der Waals surface area contributed by atoms with Crippen LogP contribution >= 0.6 is 0 Å². The lowest BCUT2D eigenvalue weighted by molar-refractivity contribution is 0.344. The maximum Gasteiger partial charge on any atom is 0.265 e. The minimum atomic E-state index is -0.0127. The van der Waals surface area contributed by atoms with Gasteiger partial charge in [-0.3, -0.25) is 0 Å². The highest BCUT2D eigenvalue weighted by atomic mass is 14.7. The van der Waals surface area contributed by atoms with Gasteiger partial charge in [0.05, 0.1) is 12.6 Å². The van der Waals surface area contributed by atoms with Crippen LogP contribution in [0.15, 0.2) is 81.1 Å². The standard InChI is InChI=1S/C52H50N4/c1-56-49(33-55)37-16-12-15-36(24-37)44-26-39-28-48-42(30-46(39)51(44)19-7-3-8-20-51)41-29-45-38(27-47(41)52(48)21-9-4-10-22-52)25-43(50(45)17-5-2-6-18-50)35-14-11-13-34(23-35)40(31-53)32-54/h23-30H,2-22H2/b49-37+. The Morgan fingerprint density at radius 3 is 1.38 bits per heavy atom. The van der Waals surface area contributed by atoms with Crippen molar-refractivity contribution >= 4 is 12.2 Å². The molecule has 0 bridgehead atoms. The number of allylic oxidation sites excluding steroid dienone is 10. The van der Waals surface area contributed by atoms with Crippen LogP contribution in [0.25, 0.3) is 28.1 Å². The van der Waals surface area contributed by atoms with Gasteiger partial charge in [-0.1, -0.05) is 82.1 Å². The van der Waals surface area contributed by atoms with Gasteiger partial charge in [-0.25, -0.2) is 10.1 Å². The van der Waals surface area contributed by atoms with E-state index >= 15 is 0 Å². The lowest BCUT2D eigenvalue weighted by Gasteiger charge is -2.40. The first-order valence-electron chi connectivity index (χ1n) is 21.8. The van der Waals surface area contributed by atoms with Crippen molar-refractivity contribution in [3.8, 4) is 29.3 Å². The number of hydrogen-bond donors (Lipinski definition) is 0. The van der Waals surface area contributed by atoms with Crippen LogP contribution in [0.4, 0.5) is 0 Å². The van der Waals surface area contributed by atoms with Crippen LogP contribution in [0.5, 0.6) is 0 Å². The van der Waals surface area contributed by atoms with E-state index in [-0.39, 0.29) is 27.5 Å². The lowest BCUT2D eigenvalue weighted by Crippen LogP contribution is -2.31. The number of nitrogens with zero attached hydrogens (tertiary/aromatic N) is 4. The maximum atomic E-state index is 9.78. The summed E-state index contributed by atoms with van der Waals surface area (Å²) in [5.41, 5.74) is 20.0. The van der Waals surface area contributed by atoms with Crippen molar-refractivity contribution in [2.24, 2.45) is 0 Å². The molecule has 3 spiro atoms. The summed E-state index contributed by atoms with van der Waals surface area (Å²) in [5, 5.41) is 29.3. The normalized spacial score (nSPS) is 24.2. The number of benzene rings is 2. The summed E-state index contributed by atoms with van der Waals surface area (Å²) in [4.78, 5) is 3.62. The summed E-state index contributed by atoms with van der Waals surface area (Å²) in [6.45, 7) is 7.68. The number of rotatable bonds is 2. The van der Waals surface area contributed by atoms with Gasteiger partial charge in [-0.15, -0.1) is 0 Å². The molecule has 0 atom stereocenters. The average Bonchev–Trinajstić information content (AvgIpc) is 3.81. The average molecular weight is 731 g/mol. The van der Waals surface area contributed by atoms with E-state index in [1.807, 2.05) is 0 Å². The summed E-state index contributed by atoms with van der Waals surface area (Å²) in [5.74, 6) is 0. The van der Waals surface area contributed by atoms with Gasteiger partial charge in [-0.05, 0) is 179 Å². The molecule has 0 saturated heterocycles. The third-order valence-electron chi connectivity index (χ3n) is 15.7. The van der Waals surface area contributed by atoms with Gasteiger partial charge >= 0.3 is 0 Å². The zero-order valence-corrected chi connectivity index (χ0v) is 32.8. The SMILES string of the molecule is [C-]#[N+]/C(C#N)=C1/C=C(C2=Cc3cc4c(cc3C23CCCCC3)-c2cc3c(cc2C42CCCCC2)C=C(C2=CC(=C(C#N)C#N)CCC2)C32CCCCC2)CCC1. The molecule has 56 heavy (non-hydrogen) atoms. The van der Waals surface area contributed by atoms with E-state index in [0.29, 0.717) is 0 Å². The van der Waals surface area contributed by atoms with Crippen molar-refractivity contribution in [3.63, 3.8) is 0 Å². The molecular weight excluding hydrogens is 681 g/mol. The van der Waals surface area contributed by atoms with Crippen LogP contribution in [-0.2, 0) is 16.2 Å². The Bertz CT molecular complexity index is 2250. The van der Waals surface area contributed by atoms with Crippen LogP contribution in [0.2, 0.25) is 0 Å². The fourth-order valence-electron chi connectivity index (χ4n) is 13.2. The van der Waals surface area contributed by atoms with Crippen molar-refractivity contribution in [2.75, 3.05) is 0 Å². The van der Waals surface area contributed by atoms with Gasteiger partial charge in [0.2, 0.25) is 0 Å². The zero-order valence-electron chi connectivity index (χ0n) is 32.8. The fraction of sp³-hybridized carbons (Fsp3) is 0.462. The Morgan fingerprint density at radius 1 is 0.482 bits per heavy atom. The molecule has 4 heteroatoms. The van der Waals surface area contributed by atoms with Gasteiger partial charge in [-0.2, -0.15) is 10.5 Å². The smallest absolute Gasteiger partial charge is 0.226 e. The minimum Gasteiger partial charge on any atom is -0.226 e. The molecule has 0 amide bonds. The van der Waals surface area contributed by atoms with E-state index in [9.17, 15) is 15.8 Å². The molecule has 8 aliphatic rings. The summed E-state index contributed by atoms with van der Waals surface area (Å²) >= 11 is 0. The largest absolute Gasteiger partial charge is 0.265 e. The molecule has 2 aromatic carbocycles. The predicted molar refractivity (Wildman–Crippen MR) is 223 cm³/mol. The van der Waals surface area contributed by atoms with Gasteiger partial charge in [0, 0.05) is 16.2 Å². The number of fused-ring (bicyclic) bond motifs is 9. The molecule has 0 aromatic heterocycles. The molecule has 0 heterocycles. The summed E-state index contributed by atoms with van der Waals surface area (Å²) < 4.78 is 0. The number of nitriles is 3. The quantitative estimate of drug-likeness (QED) is 0.228. The Balaban J connectivity index is 1.15. The first-order valence-corrected chi connectivity index (χ1v) is 21.8. The number of hydrogen-bond acceptors (Lipinski definition) is 3. The van der Waals surface area contributed by atoms with Crippen molar-refractivity contribution in [2.45, 2.75) is 151 Å². The second-order valence-corrected chi connectivity index (χ2v) is 18.3. The molecule has 3 saturated carbocycles. The molecule has 10 rings (SSSR count). The molecule has 0 aliphatic heterocycles. The van der Waals surface area contributed by atoms with Crippen LogP contribution in [0, 0.1) is 40.6 Å². The summed E-state index contributed by atoms with van der Waals surface area (Å²) in [7, 11) is 0. The van der Waals surface area contributed by atoms with E-state index in [4.69, 9.17) is 6.57 Å². The highest BCUT2D eigenvalue weighted by molar-refractivity contribution is 5.90. The summed E-state index contributed by atoms with van der Waals surface area (Å²) in [6, 6.07) is 17.2. The minimum absolute atomic E-state index is 0.00920. The van der Waals surface area contributed by atoms with Crippen LogP contribution < -0.4 is 0 Å². The van der Waals surface area contributed by atoms with Crippen LogP contribution in [0.3, 0.4) is 0 Å². The predicted octanol–water partition coefficient (Wildman–Crippen LogP) is 13.4. The zero-order chi connectivity index (χ0) is 38.1. The van der Waals surface area contributed by atoms with Crippen molar-refractivity contribution < 1.29 is 0 Å². The van der Waals surface area contributed by atoms with Gasteiger partial charge in [0.15, 0.2) is 0 Å². The third-order valence-corrected chi connectivity index (χ3v) is 15.7. The second-order valence-electron chi connectivity index (χ2n) is 18.3. The molecule has 0 N–H and O–H groups in total. The summed E-state index contributed by atoms with van der Waals surface area (Å²) in [6.07, 6.45) is 33.6. The maximum absolute atomic E-state index is 9.78. The molecule has 8 aliphatic carbocycles. The van der Waals surface area contributed by atoms with E-state index in [2.05, 4.69) is 71.6 Å². The van der Waals surface area contributed by atoms with E-state index < -0.39 is 0 Å². The lowest BCUT2D eigenvalue weighted by atomic mass is 9.63. The monoisotopic (exact) mass is 730 g/mol. The molecular formula is C52H50N4. The van der Waals surface area contributed by atoms with Crippen molar-refractivity contribution in [3.05, 3.63) is 126 Å². The van der Waals surface area contributed by atoms with Crippen molar-refractivity contribution in [1.29, 1.82) is 15.8 Å². The first kappa shape index (κ1) is 35.3. The van der Waals surface area contributed by atoms with Gasteiger partial charge in [0.1, 0.15) is 17.7 Å². The topological polar surface area (TPSA) is 75.7 Å². The van der Waals surface area contributed by atoms with Crippen LogP contribution in [0.1, 0.15) is 168 Å². The van der Waals surface area contributed by atoms with Gasteiger partial charge < -0.3 is 0 Å². The Labute approximate surface area is 333 Å². The molecule has 4 nitrogen and oxygen atoms in total. The van der Waals surface area contributed by atoms with E-state index in [1.54, 1.807) is 11.1 Å². The Hall–Kier alpha value is -5.16. The third kappa shape index (κ3) is 5.05. The second kappa shape index (κ2) is 13.5. The van der Waals surface area contributed by atoms with E-state index in [0.717, 1.165) is 62.5 Å². The highest BCUT2D eigenvalue weighted by Gasteiger charge is 2.51. The van der Waals surface area contributed by atoms with Crippen molar-refractivity contribution in [1.82, 2.24) is 0 Å². The first-order chi connectivity index (χ1) is 27.5. The molecule has 3 fully saturated rings. The van der Waals surface area contributed by atoms with Gasteiger partial charge in [0.25, 0.3) is 5.70 Å². The molecule has 278 valence electrons. The Morgan fingerprint density at radius 2 is 0.929 bits per heavy atom. The highest BCUT2D eigenvalue weighted by Crippen LogP contribution is 2.63. The molecule has 0 unspecified atom stereocenters. The fourth-order valence-corrected chi connectivity index (χ4v) is 13.2. The van der Waals surface area contributed by atoms with E-state index in [1.165, 1.54) is 139 Å². The Kier molecular flexibility index (Phi) is 8.50. The molecule has 0 radical (unpaired) electrons. The molecule has 2 aromatic rings.